The lowest BCUT2D eigenvalue weighted by Crippen LogP contribution is -2.08. The van der Waals surface area contributed by atoms with Crippen LogP contribution in [0.25, 0.3) is 0 Å². The van der Waals surface area contributed by atoms with E-state index in [9.17, 15) is 13.2 Å². The van der Waals surface area contributed by atoms with Crippen molar-refractivity contribution in [3.63, 3.8) is 0 Å². The van der Waals surface area contributed by atoms with Gasteiger partial charge < -0.3 is 5.73 Å². The summed E-state index contributed by atoms with van der Waals surface area (Å²) in [5.74, 6) is -0.653. The molecule has 0 radical (unpaired) electrons. The molecule has 0 aromatic rings. The van der Waals surface area contributed by atoms with Crippen molar-refractivity contribution in [1.82, 2.24) is 0 Å². The van der Waals surface area contributed by atoms with Gasteiger partial charge in [0.1, 0.15) is 0 Å². The van der Waals surface area contributed by atoms with E-state index in [1.165, 1.54) is 0 Å². The lowest BCUT2D eigenvalue weighted by Gasteiger charge is -1.83. The van der Waals surface area contributed by atoms with Crippen LogP contribution in [0, 0.1) is 0 Å². The topological polar surface area (TPSA) is 97.5 Å². The number of amides is 1. The minimum Gasteiger partial charge on any atom is -0.369 e. The molecule has 1 amide bonds. The Balaban J connectivity index is 3.92. The van der Waals surface area contributed by atoms with Gasteiger partial charge in [-0.2, -0.15) is 8.42 Å². The van der Waals surface area contributed by atoms with Gasteiger partial charge in [-0.1, -0.05) is 6.08 Å². The van der Waals surface area contributed by atoms with Gasteiger partial charge in [0.05, 0.1) is 5.41 Å². The second kappa shape index (κ2) is 3.33. The molecule has 3 N–H and O–H groups in total. The van der Waals surface area contributed by atoms with Gasteiger partial charge in [0.25, 0.3) is 10.1 Å². The van der Waals surface area contributed by atoms with E-state index in [1.807, 2.05) is 0 Å². The first kappa shape index (κ1) is 9.12. The molecule has 6 heteroatoms. The third-order valence-corrected chi connectivity index (χ3v) is 1.12. The molecule has 0 unspecified atom stereocenters. The molecule has 0 aromatic heterocycles. The summed E-state index contributed by atoms with van der Waals surface area (Å²) in [6.07, 6.45) is 0.775. The SMILES string of the molecule is NC(=O)CC=CS(=O)(=O)O. The summed E-state index contributed by atoms with van der Waals surface area (Å²) in [7, 11) is -4.11. The molecule has 0 fully saturated rings. The van der Waals surface area contributed by atoms with Crippen LogP contribution in [0.5, 0.6) is 0 Å². The summed E-state index contributed by atoms with van der Waals surface area (Å²) in [6.45, 7) is 0. The lowest BCUT2D eigenvalue weighted by molar-refractivity contribution is -0.117. The van der Waals surface area contributed by atoms with Crippen molar-refractivity contribution in [2.75, 3.05) is 0 Å². The van der Waals surface area contributed by atoms with Crippen molar-refractivity contribution in [2.45, 2.75) is 6.42 Å². The first-order valence-electron chi connectivity index (χ1n) is 2.34. The zero-order valence-electron chi connectivity index (χ0n) is 5.02. The summed E-state index contributed by atoms with van der Waals surface area (Å²) in [6, 6.07) is 0. The highest BCUT2D eigenvalue weighted by atomic mass is 32.2. The van der Waals surface area contributed by atoms with Crippen molar-refractivity contribution in [3.05, 3.63) is 11.5 Å². The maximum absolute atomic E-state index is 9.98. The van der Waals surface area contributed by atoms with Crippen LogP contribution in [0.15, 0.2) is 11.5 Å². The van der Waals surface area contributed by atoms with Crippen LogP contribution in [0.1, 0.15) is 6.42 Å². The fourth-order valence-corrected chi connectivity index (χ4v) is 0.625. The Morgan fingerprint density at radius 3 is 2.40 bits per heavy atom. The smallest absolute Gasteiger partial charge is 0.287 e. The zero-order chi connectivity index (χ0) is 8.20. The monoisotopic (exact) mass is 165 g/mol. The fourth-order valence-electron chi connectivity index (χ4n) is 0.286. The Kier molecular flexibility index (Phi) is 3.04. The Labute approximate surface area is 58.3 Å². The fraction of sp³-hybridized carbons (Fsp3) is 0.250. The summed E-state index contributed by atoms with van der Waals surface area (Å²) in [5, 5.41) is 0.512. The normalized spacial score (nSPS) is 12.1. The standard InChI is InChI=1S/C4H7NO4S/c5-4(6)2-1-3-10(7,8)9/h1,3H,2H2,(H2,5,6)(H,7,8,9). The molecule has 58 valence electrons. The van der Waals surface area contributed by atoms with Crippen LogP contribution in [0.3, 0.4) is 0 Å². The Morgan fingerprint density at radius 1 is 1.60 bits per heavy atom. The average Bonchev–Trinajstić information content (AvgIpc) is 1.59. The Bertz CT molecular complexity index is 240. The second-order valence-corrected chi connectivity index (χ2v) is 2.86. The minimum absolute atomic E-state index is 0.195. The molecule has 0 saturated heterocycles. The maximum Gasteiger partial charge on any atom is 0.287 e. The van der Waals surface area contributed by atoms with Crippen LogP contribution >= 0.6 is 0 Å². The van der Waals surface area contributed by atoms with Gasteiger partial charge in [0.2, 0.25) is 5.91 Å². The molecule has 0 saturated carbocycles. The van der Waals surface area contributed by atoms with E-state index in [4.69, 9.17) is 4.55 Å². The molecular formula is C4H7NO4S. The van der Waals surface area contributed by atoms with Gasteiger partial charge in [0, 0.05) is 6.42 Å². The highest BCUT2D eigenvalue weighted by Crippen LogP contribution is 1.87. The number of primary amides is 1. The predicted octanol–water partition coefficient (Wildman–Crippen LogP) is -0.737. The van der Waals surface area contributed by atoms with Gasteiger partial charge in [0.15, 0.2) is 0 Å². The van der Waals surface area contributed by atoms with E-state index < -0.39 is 16.0 Å². The Morgan fingerprint density at radius 2 is 2.10 bits per heavy atom. The highest BCUT2D eigenvalue weighted by Gasteiger charge is 1.95. The van der Waals surface area contributed by atoms with Crippen molar-refractivity contribution in [2.24, 2.45) is 5.73 Å². The largest absolute Gasteiger partial charge is 0.369 e. The quantitative estimate of drug-likeness (QED) is 0.538. The van der Waals surface area contributed by atoms with E-state index in [1.54, 1.807) is 0 Å². The molecule has 0 aromatic carbocycles. The van der Waals surface area contributed by atoms with Crippen molar-refractivity contribution in [1.29, 1.82) is 0 Å². The van der Waals surface area contributed by atoms with E-state index >= 15 is 0 Å². The number of hydrogen-bond acceptors (Lipinski definition) is 3. The molecule has 0 spiro atoms. The number of carbonyl (C=O) groups is 1. The maximum atomic E-state index is 9.98. The molecule has 0 aliphatic carbocycles. The third kappa shape index (κ3) is 7.12. The van der Waals surface area contributed by atoms with Gasteiger partial charge >= 0.3 is 0 Å². The molecule has 0 atom stereocenters. The molecular weight excluding hydrogens is 158 g/mol. The van der Waals surface area contributed by atoms with Gasteiger partial charge in [-0.3, -0.25) is 9.35 Å². The summed E-state index contributed by atoms with van der Waals surface area (Å²) >= 11 is 0. The van der Waals surface area contributed by atoms with E-state index in [0.717, 1.165) is 6.08 Å². The van der Waals surface area contributed by atoms with Crippen LogP contribution in [-0.2, 0) is 14.9 Å². The number of carbonyl (C=O) groups excluding carboxylic acids is 1. The number of nitrogens with two attached hydrogens (primary N) is 1. The molecule has 10 heavy (non-hydrogen) atoms. The number of rotatable bonds is 3. The minimum atomic E-state index is -4.11. The second-order valence-electron chi connectivity index (χ2n) is 1.56. The lowest BCUT2D eigenvalue weighted by atomic mass is 10.4. The average molecular weight is 165 g/mol. The van der Waals surface area contributed by atoms with Crippen molar-refractivity contribution in [3.8, 4) is 0 Å². The first-order chi connectivity index (χ1) is 4.42. The van der Waals surface area contributed by atoms with Crippen molar-refractivity contribution < 1.29 is 17.8 Å². The molecule has 5 nitrogen and oxygen atoms in total. The first-order valence-corrected chi connectivity index (χ1v) is 3.84. The van der Waals surface area contributed by atoms with Gasteiger partial charge in [-0.15, -0.1) is 0 Å². The van der Waals surface area contributed by atoms with Gasteiger partial charge in [-0.25, -0.2) is 0 Å². The van der Waals surface area contributed by atoms with Crippen LogP contribution in [-0.4, -0.2) is 18.9 Å². The van der Waals surface area contributed by atoms with E-state index in [2.05, 4.69) is 5.73 Å². The highest BCUT2D eigenvalue weighted by molar-refractivity contribution is 7.88. The predicted molar refractivity (Wildman–Crippen MR) is 34.5 cm³/mol. The third-order valence-electron chi connectivity index (χ3n) is 0.587. The summed E-state index contributed by atoms with van der Waals surface area (Å²) < 4.78 is 27.9. The molecule has 0 heterocycles. The molecule has 0 rings (SSSR count). The van der Waals surface area contributed by atoms with Crippen LogP contribution in [0.2, 0.25) is 0 Å². The van der Waals surface area contributed by atoms with E-state index in [-0.39, 0.29) is 6.42 Å². The summed E-state index contributed by atoms with van der Waals surface area (Å²) in [4.78, 5) is 9.98. The molecule has 0 bridgehead atoms. The molecule has 0 aliphatic heterocycles. The summed E-state index contributed by atoms with van der Waals surface area (Å²) in [5.41, 5.74) is 4.66. The van der Waals surface area contributed by atoms with Crippen LogP contribution in [0.4, 0.5) is 0 Å². The zero-order valence-corrected chi connectivity index (χ0v) is 5.84. The van der Waals surface area contributed by atoms with Gasteiger partial charge in [-0.05, 0) is 0 Å². The molecule has 0 aliphatic rings. The Hall–Kier alpha value is -0.880. The number of hydrogen-bond donors (Lipinski definition) is 2. The van der Waals surface area contributed by atoms with Crippen LogP contribution < -0.4 is 5.73 Å². The van der Waals surface area contributed by atoms with Crippen molar-refractivity contribution >= 4 is 16.0 Å². The van der Waals surface area contributed by atoms with E-state index in [0.29, 0.717) is 5.41 Å².